The van der Waals surface area contributed by atoms with E-state index in [4.69, 9.17) is 16.2 Å². The molecule has 0 fully saturated rings. The van der Waals surface area contributed by atoms with Gasteiger partial charge >= 0.3 is 5.82 Å². The van der Waals surface area contributed by atoms with E-state index < -0.39 is 4.92 Å². The summed E-state index contributed by atoms with van der Waals surface area (Å²) >= 11 is 3.04. The van der Waals surface area contributed by atoms with Crippen molar-refractivity contribution in [3.63, 3.8) is 0 Å². The molecule has 0 spiro atoms. The number of anilines is 1. The second kappa shape index (κ2) is 11.7. The third kappa shape index (κ3) is 7.23. The Bertz CT molecular complexity index is 1400. The largest absolute Gasteiger partial charge is 0.491 e. The van der Waals surface area contributed by atoms with Crippen LogP contribution in [0.3, 0.4) is 0 Å². The van der Waals surface area contributed by atoms with Gasteiger partial charge in [0.05, 0.1) is 9.99 Å². The number of aromatic amines is 1. The van der Waals surface area contributed by atoms with E-state index in [-0.39, 0.29) is 17.0 Å². The van der Waals surface area contributed by atoms with Crippen molar-refractivity contribution in [2.75, 3.05) is 12.3 Å². The van der Waals surface area contributed by atoms with Crippen LogP contribution in [0.15, 0.2) is 47.2 Å². The number of nitrogens with one attached hydrogen (secondary N) is 1. The fraction of sp³-hybridized carbons (Fsp3) is 0.346. The molecule has 0 bridgehead atoms. The third-order valence-electron chi connectivity index (χ3n) is 5.52. The molecule has 1 atom stereocenters. The fourth-order valence-corrected chi connectivity index (χ4v) is 4.36. The van der Waals surface area contributed by atoms with E-state index in [1.807, 2.05) is 26.0 Å². The molecule has 10 nitrogen and oxygen atoms in total. The molecule has 4 aromatic rings. The lowest BCUT2D eigenvalue weighted by molar-refractivity contribution is -0.388. The minimum absolute atomic E-state index is 0.0532. The second-order valence-corrected chi connectivity index (χ2v) is 10.5. The van der Waals surface area contributed by atoms with E-state index in [0.29, 0.717) is 17.0 Å². The number of aryl methyl sites for hydroxylation is 2. The van der Waals surface area contributed by atoms with Crippen molar-refractivity contribution in [3.05, 3.63) is 68.7 Å². The van der Waals surface area contributed by atoms with E-state index in [9.17, 15) is 10.1 Å². The molecule has 4 rings (SSSR count). The number of ether oxygens (including phenoxy) is 1. The number of benzene rings is 1. The monoisotopic (exact) mass is 569 g/mol. The van der Waals surface area contributed by atoms with E-state index in [1.165, 1.54) is 6.20 Å². The van der Waals surface area contributed by atoms with Gasteiger partial charge in [-0.1, -0.05) is 19.9 Å². The molecule has 37 heavy (non-hydrogen) atoms. The number of fused-ring (bicyclic) bond motifs is 1. The van der Waals surface area contributed by atoms with Crippen LogP contribution in [0.5, 0.6) is 5.75 Å². The van der Waals surface area contributed by atoms with Crippen LogP contribution in [0.2, 0.25) is 0 Å². The summed E-state index contributed by atoms with van der Waals surface area (Å²) < 4.78 is 6.51. The van der Waals surface area contributed by atoms with E-state index in [0.717, 1.165) is 45.8 Å². The number of nitrogen functional groups attached to an aromatic ring is 1. The number of H-pyrrole nitrogens is 1. The number of imidazole rings is 1. The maximum atomic E-state index is 10.2. The number of halogens is 1. The van der Waals surface area contributed by atoms with Crippen LogP contribution in [0.25, 0.3) is 22.3 Å². The zero-order valence-electron chi connectivity index (χ0n) is 21.6. The summed E-state index contributed by atoms with van der Waals surface area (Å²) in [5.74, 6) is 1.97. The van der Waals surface area contributed by atoms with Crippen LogP contribution in [-0.4, -0.2) is 37.0 Å². The molecule has 3 heterocycles. The predicted molar refractivity (Wildman–Crippen MR) is 149 cm³/mol. The zero-order chi connectivity index (χ0) is 27.3. The number of aromatic nitrogens is 4. The van der Waals surface area contributed by atoms with Gasteiger partial charge in [-0.3, -0.25) is 0 Å². The van der Waals surface area contributed by atoms with Gasteiger partial charge in [-0.2, -0.15) is 0 Å². The molecule has 0 saturated heterocycles. The summed E-state index contributed by atoms with van der Waals surface area (Å²) in [5.41, 5.74) is 16.4. The van der Waals surface area contributed by atoms with Crippen LogP contribution in [-0.2, 0) is 0 Å². The number of nitrogens with two attached hydrogens (primary N) is 2. The molecular weight excluding hydrogens is 538 g/mol. The fourth-order valence-electron chi connectivity index (χ4n) is 4.06. The zero-order valence-corrected chi connectivity index (χ0v) is 23.2. The molecule has 0 radical (unpaired) electrons. The van der Waals surface area contributed by atoms with Gasteiger partial charge in [-0.25, -0.2) is 9.97 Å². The molecular formula is C26H32BrN7O3. The van der Waals surface area contributed by atoms with Crippen LogP contribution in [0, 0.1) is 29.9 Å². The normalized spacial score (nSPS) is 12.6. The van der Waals surface area contributed by atoms with Crippen LogP contribution >= 0.6 is 15.9 Å². The lowest BCUT2D eigenvalue weighted by atomic mass is 9.93. The van der Waals surface area contributed by atoms with Gasteiger partial charge in [0, 0.05) is 17.3 Å². The minimum Gasteiger partial charge on any atom is -0.491 e. The molecule has 11 heteroatoms. The van der Waals surface area contributed by atoms with Gasteiger partial charge in [-0.05, 0) is 94.3 Å². The Morgan fingerprint density at radius 2 is 1.89 bits per heavy atom. The maximum absolute atomic E-state index is 10.2. The molecule has 0 aliphatic carbocycles. The van der Waals surface area contributed by atoms with Crippen molar-refractivity contribution < 1.29 is 9.66 Å². The van der Waals surface area contributed by atoms with Crippen molar-refractivity contribution in [1.29, 1.82) is 0 Å². The quantitative estimate of drug-likeness (QED) is 0.188. The van der Waals surface area contributed by atoms with Crippen LogP contribution in [0.1, 0.15) is 38.6 Å². The first kappa shape index (κ1) is 28.0. The minimum atomic E-state index is -0.625. The Labute approximate surface area is 224 Å². The molecule has 3 aromatic heterocycles. The second-order valence-electron chi connectivity index (χ2n) is 9.69. The summed E-state index contributed by atoms with van der Waals surface area (Å²) in [4.78, 5) is 25.1. The number of nitrogens with zero attached hydrogens (tertiary/aromatic N) is 4. The molecule has 0 saturated carbocycles. The molecule has 1 aromatic carbocycles. The molecule has 0 amide bonds. The highest BCUT2D eigenvalue weighted by Gasteiger charge is 2.21. The summed E-state index contributed by atoms with van der Waals surface area (Å²) in [6.07, 6.45) is 4.04. The van der Waals surface area contributed by atoms with Crippen LogP contribution in [0.4, 0.5) is 11.5 Å². The standard InChI is InChI=1S/C21H28N4O.C5H4BrN3O2/c1-13(2)11-21(5,22)12-26-18-7-6-16(10-14(18)3)17-8-9-23-20-19(17)24-15(4)25-20;6-3-1-2-8-5(4(3)7)9(10)11/h6-10,13H,11-12,22H2,1-5H3,(H,23,24,25);1-2H,7H2/t21-;/m0./s1. The van der Waals surface area contributed by atoms with Gasteiger partial charge in [0.25, 0.3) is 0 Å². The maximum Gasteiger partial charge on any atom is 0.387 e. The lowest BCUT2D eigenvalue weighted by Crippen LogP contribution is -2.43. The van der Waals surface area contributed by atoms with Crippen molar-refractivity contribution in [2.24, 2.45) is 11.7 Å². The van der Waals surface area contributed by atoms with Crippen molar-refractivity contribution in [2.45, 2.75) is 46.6 Å². The highest BCUT2D eigenvalue weighted by atomic mass is 79.9. The Morgan fingerprint density at radius 1 is 1.19 bits per heavy atom. The average Bonchev–Trinajstić information content (AvgIpc) is 3.19. The number of rotatable bonds is 7. The van der Waals surface area contributed by atoms with Crippen molar-refractivity contribution in [3.8, 4) is 16.9 Å². The van der Waals surface area contributed by atoms with E-state index in [1.54, 1.807) is 12.3 Å². The first-order valence-electron chi connectivity index (χ1n) is 11.8. The topological polar surface area (TPSA) is 159 Å². The number of nitro groups is 1. The van der Waals surface area contributed by atoms with Crippen molar-refractivity contribution in [1.82, 2.24) is 19.9 Å². The Kier molecular flexibility index (Phi) is 8.82. The van der Waals surface area contributed by atoms with E-state index >= 15 is 0 Å². The van der Waals surface area contributed by atoms with Gasteiger partial charge in [0.1, 0.15) is 30.1 Å². The molecule has 0 unspecified atom stereocenters. The number of hydrogen-bond acceptors (Lipinski definition) is 8. The third-order valence-corrected chi connectivity index (χ3v) is 6.21. The number of pyridine rings is 2. The van der Waals surface area contributed by atoms with Gasteiger partial charge in [-0.15, -0.1) is 0 Å². The summed E-state index contributed by atoms with van der Waals surface area (Å²) in [5, 5.41) is 10.2. The van der Waals surface area contributed by atoms with Crippen molar-refractivity contribution >= 4 is 38.6 Å². The van der Waals surface area contributed by atoms with Gasteiger partial charge in [0.2, 0.25) is 0 Å². The molecule has 0 aliphatic heterocycles. The van der Waals surface area contributed by atoms with Crippen LogP contribution < -0.4 is 16.2 Å². The van der Waals surface area contributed by atoms with Gasteiger partial charge < -0.3 is 31.3 Å². The first-order valence-corrected chi connectivity index (χ1v) is 12.6. The summed E-state index contributed by atoms with van der Waals surface area (Å²) in [6, 6.07) is 9.78. The van der Waals surface area contributed by atoms with E-state index in [2.05, 4.69) is 68.8 Å². The molecule has 196 valence electrons. The lowest BCUT2D eigenvalue weighted by Gasteiger charge is -2.27. The Hall–Kier alpha value is -3.57. The Morgan fingerprint density at radius 3 is 2.51 bits per heavy atom. The number of hydrogen-bond donors (Lipinski definition) is 3. The molecule has 0 aliphatic rings. The highest BCUT2D eigenvalue weighted by molar-refractivity contribution is 9.10. The molecule has 5 N–H and O–H groups in total. The Balaban J connectivity index is 0.000000289. The predicted octanol–water partition coefficient (Wildman–Crippen LogP) is 5.72. The average molecular weight is 570 g/mol. The smallest absolute Gasteiger partial charge is 0.387 e. The first-order chi connectivity index (χ1) is 17.4. The summed E-state index contributed by atoms with van der Waals surface area (Å²) in [7, 11) is 0. The summed E-state index contributed by atoms with van der Waals surface area (Å²) in [6.45, 7) is 10.9. The highest BCUT2D eigenvalue weighted by Crippen LogP contribution is 2.30. The SMILES string of the molecule is Cc1nc2nccc(-c3ccc(OC[C@@](C)(N)CC(C)C)c(C)c3)c2[nH]1.Nc1c(Br)ccnc1[N+](=O)[O-]. The van der Waals surface area contributed by atoms with Gasteiger partial charge in [0.15, 0.2) is 5.65 Å².